The van der Waals surface area contributed by atoms with Gasteiger partial charge in [0.1, 0.15) is 13.2 Å². The van der Waals surface area contributed by atoms with Crippen LogP contribution in [0.5, 0.6) is 0 Å². The molecule has 2 amide bonds. The molecule has 0 saturated heterocycles. The molecule has 0 saturated carbocycles. The van der Waals surface area contributed by atoms with Crippen molar-refractivity contribution in [1.29, 1.82) is 0 Å². The van der Waals surface area contributed by atoms with Crippen LogP contribution in [0.3, 0.4) is 0 Å². The van der Waals surface area contributed by atoms with Gasteiger partial charge in [0.25, 0.3) is 10.0 Å². The molecule has 0 spiro atoms. The van der Waals surface area contributed by atoms with E-state index in [-0.39, 0.29) is 23.7 Å². The van der Waals surface area contributed by atoms with Gasteiger partial charge in [-0.2, -0.15) is 0 Å². The molecule has 9 heteroatoms. The van der Waals surface area contributed by atoms with Crippen molar-refractivity contribution in [2.45, 2.75) is 25.3 Å². The minimum absolute atomic E-state index is 0.0389. The highest BCUT2D eigenvalue weighted by Gasteiger charge is 2.18. The van der Waals surface area contributed by atoms with Crippen LogP contribution in [0.1, 0.15) is 16.7 Å². The van der Waals surface area contributed by atoms with Gasteiger partial charge in [-0.05, 0) is 54.8 Å². The molecular formula is C24H25N3O5S. The van der Waals surface area contributed by atoms with Crippen LogP contribution in [0.2, 0.25) is 0 Å². The van der Waals surface area contributed by atoms with Gasteiger partial charge in [0.05, 0.1) is 4.90 Å². The zero-order valence-corrected chi connectivity index (χ0v) is 19.1. The standard InChI is InChI=1S/C24H25N3O5S/c1-17-7-6-10-21(13-17)27-33(30,31)22-14-20(12-11-18(22)2)26-23(28)15-25-24(29)32-16-19-8-4-3-5-9-19/h3-14,27H,15-16H2,1-2H3,(H,25,29)(H,26,28). The van der Waals surface area contributed by atoms with Crippen LogP contribution < -0.4 is 15.4 Å². The van der Waals surface area contributed by atoms with Crippen molar-refractivity contribution >= 4 is 33.4 Å². The number of carbonyl (C=O) groups excluding carboxylic acids is 2. The number of rotatable bonds is 8. The summed E-state index contributed by atoms with van der Waals surface area (Å²) in [6.45, 7) is 3.29. The van der Waals surface area contributed by atoms with Crippen molar-refractivity contribution in [3.05, 3.63) is 89.5 Å². The zero-order chi connectivity index (χ0) is 23.8. The van der Waals surface area contributed by atoms with E-state index in [2.05, 4.69) is 15.4 Å². The predicted molar refractivity (Wildman–Crippen MR) is 126 cm³/mol. The normalized spacial score (nSPS) is 10.8. The summed E-state index contributed by atoms with van der Waals surface area (Å²) in [5, 5.41) is 4.95. The van der Waals surface area contributed by atoms with Gasteiger partial charge >= 0.3 is 6.09 Å². The maximum absolute atomic E-state index is 12.9. The monoisotopic (exact) mass is 467 g/mol. The SMILES string of the molecule is Cc1cccc(NS(=O)(=O)c2cc(NC(=O)CNC(=O)OCc3ccccc3)ccc2C)c1. The number of aryl methyl sites for hydroxylation is 2. The third kappa shape index (κ3) is 7.08. The Morgan fingerprint density at radius 1 is 0.879 bits per heavy atom. The van der Waals surface area contributed by atoms with E-state index >= 15 is 0 Å². The first kappa shape index (κ1) is 23.8. The van der Waals surface area contributed by atoms with Crippen LogP contribution >= 0.6 is 0 Å². The molecule has 3 aromatic carbocycles. The molecule has 0 heterocycles. The van der Waals surface area contributed by atoms with Gasteiger partial charge in [-0.15, -0.1) is 0 Å². The Labute approximate surface area is 193 Å². The summed E-state index contributed by atoms with van der Waals surface area (Å²) in [6, 6.07) is 20.7. The van der Waals surface area contributed by atoms with E-state index < -0.39 is 22.0 Å². The fourth-order valence-corrected chi connectivity index (χ4v) is 4.34. The zero-order valence-electron chi connectivity index (χ0n) is 18.3. The molecule has 0 atom stereocenters. The maximum atomic E-state index is 12.9. The molecule has 0 unspecified atom stereocenters. The Morgan fingerprint density at radius 2 is 1.64 bits per heavy atom. The maximum Gasteiger partial charge on any atom is 0.407 e. The van der Waals surface area contributed by atoms with Crippen LogP contribution in [0.4, 0.5) is 16.2 Å². The van der Waals surface area contributed by atoms with Gasteiger partial charge < -0.3 is 15.4 Å². The van der Waals surface area contributed by atoms with Crippen LogP contribution in [0.25, 0.3) is 0 Å². The second-order valence-electron chi connectivity index (χ2n) is 7.42. The summed E-state index contributed by atoms with van der Waals surface area (Å²) < 4.78 is 33.4. The fourth-order valence-electron chi connectivity index (χ4n) is 3.02. The second kappa shape index (κ2) is 10.6. The van der Waals surface area contributed by atoms with Crippen molar-refractivity contribution in [1.82, 2.24) is 5.32 Å². The number of nitrogens with one attached hydrogen (secondary N) is 3. The Hall–Kier alpha value is -3.85. The molecule has 3 rings (SSSR count). The molecule has 172 valence electrons. The van der Waals surface area contributed by atoms with Gasteiger partial charge in [0, 0.05) is 11.4 Å². The Kier molecular flexibility index (Phi) is 7.68. The Bertz CT molecular complexity index is 1240. The van der Waals surface area contributed by atoms with E-state index in [0.717, 1.165) is 11.1 Å². The van der Waals surface area contributed by atoms with Crippen molar-refractivity contribution < 1.29 is 22.7 Å². The van der Waals surface area contributed by atoms with Gasteiger partial charge in [-0.1, -0.05) is 48.5 Å². The first-order valence-electron chi connectivity index (χ1n) is 10.2. The highest BCUT2D eigenvalue weighted by Crippen LogP contribution is 2.23. The molecule has 0 aliphatic heterocycles. The van der Waals surface area contributed by atoms with E-state index in [1.54, 1.807) is 37.3 Å². The molecule has 0 aliphatic rings. The van der Waals surface area contributed by atoms with Crippen LogP contribution in [0, 0.1) is 13.8 Å². The quantitative estimate of drug-likeness (QED) is 0.464. The molecule has 3 N–H and O–H groups in total. The predicted octanol–water partition coefficient (Wildman–Crippen LogP) is 3.97. The lowest BCUT2D eigenvalue weighted by molar-refractivity contribution is -0.115. The summed E-state index contributed by atoms with van der Waals surface area (Å²) in [5.74, 6) is -0.523. The molecule has 0 radical (unpaired) electrons. The topological polar surface area (TPSA) is 114 Å². The number of alkyl carbamates (subject to hydrolysis) is 1. The number of sulfonamides is 1. The molecule has 0 bridgehead atoms. The highest BCUT2D eigenvalue weighted by molar-refractivity contribution is 7.92. The number of ether oxygens (including phenoxy) is 1. The van der Waals surface area contributed by atoms with E-state index in [1.807, 2.05) is 43.3 Å². The average Bonchev–Trinajstić information content (AvgIpc) is 2.78. The lowest BCUT2D eigenvalue weighted by Crippen LogP contribution is -2.33. The number of amides is 2. The molecule has 3 aromatic rings. The first-order chi connectivity index (χ1) is 15.7. The summed E-state index contributed by atoms with van der Waals surface area (Å²) in [4.78, 5) is 24.1. The van der Waals surface area contributed by atoms with Crippen LogP contribution in [-0.4, -0.2) is 27.0 Å². The van der Waals surface area contributed by atoms with Crippen LogP contribution in [0.15, 0.2) is 77.7 Å². The summed E-state index contributed by atoms with van der Waals surface area (Å²) in [5.41, 5.74) is 3.00. The van der Waals surface area contributed by atoms with Crippen molar-refractivity contribution in [3.8, 4) is 0 Å². The average molecular weight is 468 g/mol. The van der Waals surface area contributed by atoms with E-state index in [4.69, 9.17) is 4.74 Å². The third-order valence-electron chi connectivity index (χ3n) is 4.64. The highest BCUT2D eigenvalue weighted by atomic mass is 32.2. The lowest BCUT2D eigenvalue weighted by Gasteiger charge is -2.13. The van der Waals surface area contributed by atoms with Gasteiger partial charge in [-0.3, -0.25) is 9.52 Å². The van der Waals surface area contributed by atoms with Gasteiger partial charge in [0.15, 0.2) is 0 Å². The number of carbonyl (C=O) groups is 2. The second-order valence-corrected chi connectivity index (χ2v) is 9.07. The number of anilines is 2. The lowest BCUT2D eigenvalue weighted by atomic mass is 10.2. The van der Waals surface area contributed by atoms with E-state index in [1.165, 1.54) is 6.07 Å². The summed E-state index contributed by atoms with van der Waals surface area (Å²) in [6.07, 6.45) is -0.733. The summed E-state index contributed by atoms with van der Waals surface area (Å²) in [7, 11) is -3.87. The molecule has 0 aromatic heterocycles. The van der Waals surface area contributed by atoms with E-state index in [0.29, 0.717) is 11.3 Å². The Morgan fingerprint density at radius 3 is 2.36 bits per heavy atom. The molecule has 0 aliphatic carbocycles. The smallest absolute Gasteiger partial charge is 0.407 e. The molecule has 33 heavy (non-hydrogen) atoms. The molecule has 8 nitrogen and oxygen atoms in total. The molecule has 0 fully saturated rings. The largest absolute Gasteiger partial charge is 0.445 e. The number of hydrogen-bond donors (Lipinski definition) is 3. The minimum Gasteiger partial charge on any atom is -0.445 e. The fraction of sp³-hybridized carbons (Fsp3) is 0.167. The number of benzene rings is 3. The van der Waals surface area contributed by atoms with Crippen molar-refractivity contribution in [2.75, 3.05) is 16.6 Å². The number of hydrogen-bond acceptors (Lipinski definition) is 5. The third-order valence-corrected chi connectivity index (χ3v) is 6.16. The van der Waals surface area contributed by atoms with E-state index in [9.17, 15) is 18.0 Å². The minimum atomic E-state index is -3.87. The summed E-state index contributed by atoms with van der Waals surface area (Å²) >= 11 is 0. The van der Waals surface area contributed by atoms with Gasteiger partial charge in [-0.25, -0.2) is 13.2 Å². The Balaban J connectivity index is 1.58. The molecular weight excluding hydrogens is 442 g/mol. The van der Waals surface area contributed by atoms with Gasteiger partial charge in [0.2, 0.25) is 5.91 Å². The first-order valence-corrected chi connectivity index (χ1v) is 11.7. The van der Waals surface area contributed by atoms with Crippen molar-refractivity contribution in [2.24, 2.45) is 0 Å². The van der Waals surface area contributed by atoms with Crippen molar-refractivity contribution in [3.63, 3.8) is 0 Å². The van der Waals surface area contributed by atoms with Crippen LogP contribution in [-0.2, 0) is 26.2 Å².